The summed E-state index contributed by atoms with van der Waals surface area (Å²) in [5, 5.41) is 9.95. The second-order valence-corrected chi connectivity index (χ2v) is 9.01. The molecule has 3 heterocycles. The molecule has 0 spiro atoms. The second kappa shape index (κ2) is 6.17. The van der Waals surface area contributed by atoms with Crippen LogP contribution in [0.5, 0.6) is 0 Å². The highest BCUT2D eigenvalue weighted by Gasteiger charge is 2.52. The molecular weight excluding hydrogens is 417 g/mol. The number of nitriles is 1. The number of carbonyl (C=O) groups excluding carboxylic acids is 1. The lowest BCUT2D eigenvalue weighted by molar-refractivity contribution is 0.00232. The molecule has 2 saturated heterocycles. The van der Waals surface area contributed by atoms with Crippen molar-refractivity contribution in [2.45, 2.75) is 69.6 Å². The van der Waals surface area contributed by atoms with Gasteiger partial charge < -0.3 is 9.64 Å². The summed E-state index contributed by atoms with van der Waals surface area (Å²) in [7, 11) is 0. The third-order valence-electron chi connectivity index (χ3n) is 4.86. The molecule has 3 atom stereocenters. The minimum absolute atomic E-state index is 0.0658. The van der Waals surface area contributed by atoms with Gasteiger partial charge in [-0.05, 0) is 80.7 Å². The molecular formula is C18H22IN3O2. The minimum atomic E-state index is -0.557. The SMILES string of the molecule is CC(C)(C)OC(=O)N1[C@@H]2CC[C@H]1C[C@](C#N)(c1cncc(I)c1)C2. The van der Waals surface area contributed by atoms with Gasteiger partial charge in [-0.2, -0.15) is 5.26 Å². The Morgan fingerprint density at radius 3 is 2.50 bits per heavy atom. The number of fused-ring (bicyclic) bond motifs is 2. The first kappa shape index (κ1) is 17.5. The fourth-order valence-corrected chi connectivity index (χ4v) is 4.42. The molecule has 3 rings (SSSR count). The Balaban J connectivity index is 1.86. The first-order valence-electron chi connectivity index (χ1n) is 8.28. The molecule has 24 heavy (non-hydrogen) atoms. The molecule has 0 aromatic carbocycles. The zero-order chi connectivity index (χ0) is 17.5. The molecule has 1 aromatic heterocycles. The number of hydrogen-bond acceptors (Lipinski definition) is 4. The Morgan fingerprint density at radius 1 is 1.38 bits per heavy atom. The standard InChI is InChI=1S/C18H22IN3O2/c1-17(2,3)24-16(23)22-14-4-5-15(22)8-18(7-14,11-20)12-6-13(19)10-21-9-12/h6,9-10,14-15H,4-5,7-8H2,1-3H3/t14-,15+,18-. The Hall–Kier alpha value is -1.36. The predicted molar refractivity (Wildman–Crippen MR) is 98.4 cm³/mol. The van der Waals surface area contributed by atoms with Gasteiger partial charge in [0, 0.05) is 28.0 Å². The van der Waals surface area contributed by atoms with Gasteiger partial charge in [-0.25, -0.2) is 4.79 Å². The quantitative estimate of drug-likeness (QED) is 0.621. The first-order valence-corrected chi connectivity index (χ1v) is 9.35. The lowest BCUT2D eigenvalue weighted by atomic mass is 9.71. The fraction of sp³-hybridized carbons (Fsp3) is 0.611. The molecule has 1 amide bonds. The van der Waals surface area contributed by atoms with E-state index in [-0.39, 0.29) is 18.2 Å². The van der Waals surface area contributed by atoms with Crippen molar-refractivity contribution in [2.75, 3.05) is 0 Å². The maximum absolute atomic E-state index is 12.6. The topological polar surface area (TPSA) is 66.2 Å². The van der Waals surface area contributed by atoms with Gasteiger partial charge >= 0.3 is 6.09 Å². The van der Waals surface area contributed by atoms with Crippen molar-refractivity contribution in [2.24, 2.45) is 0 Å². The van der Waals surface area contributed by atoms with Crippen LogP contribution in [0.2, 0.25) is 0 Å². The summed E-state index contributed by atoms with van der Waals surface area (Å²) in [6.07, 6.45) is 6.52. The van der Waals surface area contributed by atoms with E-state index in [1.165, 1.54) is 0 Å². The van der Waals surface area contributed by atoms with E-state index in [2.05, 4.69) is 33.6 Å². The van der Waals surface area contributed by atoms with Crippen molar-refractivity contribution in [3.8, 4) is 6.07 Å². The molecule has 5 nitrogen and oxygen atoms in total. The van der Waals surface area contributed by atoms with Crippen molar-refractivity contribution < 1.29 is 9.53 Å². The third kappa shape index (κ3) is 3.23. The van der Waals surface area contributed by atoms with Crippen LogP contribution in [-0.2, 0) is 10.2 Å². The number of pyridine rings is 1. The van der Waals surface area contributed by atoms with E-state index in [1.54, 1.807) is 12.4 Å². The summed E-state index contributed by atoms with van der Waals surface area (Å²) in [6, 6.07) is 4.72. The molecule has 0 saturated carbocycles. The van der Waals surface area contributed by atoms with E-state index in [9.17, 15) is 10.1 Å². The number of rotatable bonds is 1. The van der Waals surface area contributed by atoms with Crippen LogP contribution in [0.25, 0.3) is 0 Å². The molecule has 2 fully saturated rings. The van der Waals surface area contributed by atoms with Gasteiger partial charge in [0.15, 0.2) is 0 Å². The van der Waals surface area contributed by atoms with E-state index >= 15 is 0 Å². The van der Waals surface area contributed by atoms with E-state index in [4.69, 9.17) is 4.74 Å². The molecule has 2 aliphatic heterocycles. The molecule has 0 unspecified atom stereocenters. The molecule has 1 aromatic rings. The number of amides is 1. The normalized spacial score (nSPS) is 29.2. The van der Waals surface area contributed by atoms with E-state index < -0.39 is 11.0 Å². The second-order valence-electron chi connectivity index (χ2n) is 7.77. The molecule has 6 heteroatoms. The fourth-order valence-electron chi connectivity index (χ4n) is 3.93. The van der Waals surface area contributed by atoms with E-state index in [1.807, 2.05) is 31.7 Å². The van der Waals surface area contributed by atoms with Crippen LogP contribution in [0.4, 0.5) is 4.79 Å². The number of piperidine rings is 1. The lowest BCUT2D eigenvalue weighted by Gasteiger charge is -2.43. The molecule has 0 radical (unpaired) electrons. The Labute approximate surface area is 156 Å². The van der Waals surface area contributed by atoms with Crippen molar-refractivity contribution in [3.05, 3.63) is 27.6 Å². The average Bonchev–Trinajstić information content (AvgIpc) is 2.77. The van der Waals surface area contributed by atoms with Crippen LogP contribution in [-0.4, -0.2) is 33.7 Å². The van der Waals surface area contributed by atoms with E-state index in [0.29, 0.717) is 12.8 Å². The minimum Gasteiger partial charge on any atom is -0.444 e. The van der Waals surface area contributed by atoms with Crippen LogP contribution in [0.15, 0.2) is 18.5 Å². The Kier molecular flexibility index (Phi) is 4.49. The molecule has 128 valence electrons. The van der Waals surface area contributed by atoms with Crippen LogP contribution < -0.4 is 0 Å². The van der Waals surface area contributed by atoms with Crippen molar-refractivity contribution in [3.63, 3.8) is 0 Å². The zero-order valence-corrected chi connectivity index (χ0v) is 16.4. The largest absolute Gasteiger partial charge is 0.444 e. The zero-order valence-electron chi connectivity index (χ0n) is 14.3. The highest BCUT2D eigenvalue weighted by Crippen LogP contribution is 2.47. The van der Waals surface area contributed by atoms with Crippen LogP contribution in [0.1, 0.15) is 52.0 Å². The number of carbonyl (C=O) groups is 1. The van der Waals surface area contributed by atoms with E-state index in [0.717, 1.165) is 22.0 Å². The van der Waals surface area contributed by atoms with Gasteiger partial charge in [0.1, 0.15) is 5.60 Å². The maximum Gasteiger partial charge on any atom is 0.410 e. The molecule has 0 N–H and O–H groups in total. The molecule has 2 aliphatic rings. The Morgan fingerprint density at radius 2 is 2.00 bits per heavy atom. The summed E-state index contributed by atoms with van der Waals surface area (Å²) in [5.41, 5.74) is -0.0872. The van der Waals surface area contributed by atoms with Gasteiger partial charge in [0.25, 0.3) is 0 Å². The van der Waals surface area contributed by atoms with Crippen LogP contribution >= 0.6 is 22.6 Å². The third-order valence-corrected chi connectivity index (χ3v) is 5.45. The predicted octanol–water partition coefficient (Wildman–Crippen LogP) is 4.01. The molecule has 0 aliphatic carbocycles. The highest BCUT2D eigenvalue weighted by molar-refractivity contribution is 14.1. The first-order chi connectivity index (χ1) is 11.2. The number of halogens is 1. The number of aromatic nitrogens is 1. The number of nitrogens with zero attached hydrogens (tertiary/aromatic N) is 3. The summed E-state index contributed by atoms with van der Waals surface area (Å²) in [5.74, 6) is 0. The van der Waals surface area contributed by atoms with Crippen molar-refractivity contribution in [1.82, 2.24) is 9.88 Å². The van der Waals surface area contributed by atoms with Crippen molar-refractivity contribution in [1.29, 1.82) is 5.26 Å². The summed E-state index contributed by atoms with van der Waals surface area (Å²) in [6.45, 7) is 5.65. The Bertz CT molecular complexity index is 678. The summed E-state index contributed by atoms with van der Waals surface area (Å²) in [4.78, 5) is 18.7. The smallest absolute Gasteiger partial charge is 0.410 e. The van der Waals surface area contributed by atoms with Crippen LogP contribution in [0.3, 0.4) is 0 Å². The lowest BCUT2D eigenvalue weighted by Crippen LogP contribution is -2.52. The average molecular weight is 439 g/mol. The summed E-state index contributed by atoms with van der Waals surface area (Å²) >= 11 is 2.22. The molecule has 2 bridgehead atoms. The number of hydrogen-bond donors (Lipinski definition) is 0. The summed E-state index contributed by atoms with van der Waals surface area (Å²) < 4.78 is 6.60. The van der Waals surface area contributed by atoms with Crippen LogP contribution in [0, 0.1) is 14.9 Å². The van der Waals surface area contributed by atoms with Gasteiger partial charge in [-0.15, -0.1) is 0 Å². The maximum atomic E-state index is 12.6. The van der Waals surface area contributed by atoms with Gasteiger partial charge in [0.2, 0.25) is 0 Å². The number of ether oxygens (including phenoxy) is 1. The van der Waals surface area contributed by atoms with Gasteiger partial charge in [-0.3, -0.25) is 4.98 Å². The monoisotopic (exact) mass is 439 g/mol. The van der Waals surface area contributed by atoms with Crippen molar-refractivity contribution >= 4 is 28.7 Å². The van der Waals surface area contributed by atoms with Gasteiger partial charge in [0.05, 0.1) is 11.5 Å². The van der Waals surface area contributed by atoms with Gasteiger partial charge in [-0.1, -0.05) is 0 Å². The highest BCUT2D eigenvalue weighted by atomic mass is 127.